The van der Waals surface area contributed by atoms with Gasteiger partial charge in [0.2, 0.25) is 5.78 Å². The van der Waals surface area contributed by atoms with Gasteiger partial charge in [0.25, 0.3) is 11.8 Å². The number of amides is 2. The molecule has 1 aromatic heterocycles. The molecule has 0 aliphatic rings. The van der Waals surface area contributed by atoms with Crippen LogP contribution in [0.25, 0.3) is 0 Å². The molecule has 0 saturated heterocycles. The lowest BCUT2D eigenvalue weighted by molar-refractivity contribution is -0.141. The van der Waals surface area contributed by atoms with Gasteiger partial charge in [0.1, 0.15) is 11.8 Å². The van der Waals surface area contributed by atoms with Gasteiger partial charge in [-0.3, -0.25) is 19.4 Å². The molecule has 0 saturated carbocycles. The molecule has 0 aliphatic carbocycles. The Labute approximate surface area is 209 Å². The van der Waals surface area contributed by atoms with Crippen molar-refractivity contribution in [3.63, 3.8) is 0 Å². The van der Waals surface area contributed by atoms with Crippen molar-refractivity contribution in [2.45, 2.75) is 39.0 Å². The summed E-state index contributed by atoms with van der Waals surface area (Å²) in [5, 5.41) is 5.88. The molecule has 2 aromatic carbocycles. The minimum atomic E-state index is -1.07. The number of ketones is 1. The predicted molar refractivity (Wildman–Crippen MR) is 134 cm³/mol. The minimum Gasteiger partial charge on any atom is -0.480 e. The number of hydrogen-bond donors (Lipinski definition) is 2. The molecule has 2 atom stereocenters. The first kappa shape index (κ1) is 25.9. The van der Waals surface area contributed by atoms with Crippen LogP contribution in [0.5, 0.6) is 5.75 Å². The normalized spacial score (nSPS) is 12.5. The third-order valence-corrected chi connectivity index (χ3v) is 5.49. The van der Waals surface area contributed by atoms with Gasteiger partial charge in [0.05, 0.1) is 12.2 Å². The molecular weight excluding hydrogens is 466 g/mol. The van der Waals surface area contributed by atoms with Crippen molar-refractivity contribution in [3.8, 4) is 5.75 Å². The number of hydrogen-bond acceptors (Lipinski definition) is 5. The summed E-state index contributed by atoms with van der Waals surface area (Å²) >= 11 is 5.93. The van der Waals surface area contributed by atoms with Gasteiger partial charge in [-0.2, -0.15) is 0 Å². The lowest BCUT2D eigenvalue weighted by atomic mass is 10.00. The lowest BCUT2D eigenvalue weighted by Gasteiger charge is -2.25. The van der Waals surface area contributed by atoms with E-state index in [1.165, 1.54) is 0 Å². The molecule has 3 aromatic rings. The summed E-state index contributed by atoms with van der Waals surface area (Å²) < 4.78 is 5.90. The van der Waals surface area contributed by atoms with Crippen molar-refractivity contribution in [1.29, 1.82) is 0 Å². The van der Waals surface area contributed by atoms with Gasteiger partial charge in [-0.05, 0) is 47.9 Å². The molecule has 0 radical (unpaired) electrons. The van der Waals surface area contributed by atoms with Crippen molar-refractivity contribution < 1.29 is 19.1 Å². The van der Waals surface area contributed by atoms with Crippen molar-refractivity contribution in [1.82, 2.24) is 15.6 Å². The van der Waals surface area contributed by atoms with Crippen LogP contribution in [0.15, 0.2) is 79.0 Å². The van der Waals surface area contributed by atoms with Crippen molar-refractivity contribution in [2.75, 3.05) is 0 Å². The number of nitrogens with zero attached hydrogens (tertiary/aromatic N) is 1. The molecule has 0 spiro atoms. The van der Waals surface area contributed by atoms with Gasteiger partial charge < -0.3 is 15.4 Å². The van der Waals surface area contributed by atoms with Crippen LogP contribution in [-0.4, -0.2) is 34.7 Å². The Morgan fingerprint density at radius 1 is 0.943 bits per heavy atom. The summed E-state index contributed by atoms with van der Waals surface area (Å²) in [5.74, 6) is -1.75. The van der Waals surface area contributed by atoms with Crippen LogP contribution < -0.4 is 15.4 Å². The number of halogens is 1. The summed E-state index contributed by atoms with van der Waals surface area (Å²) in [6.07, 6.45) is 0.890. The molecule has 0 fully saturated rings. The van der Waals surface area contributed by atoms with Crippen LogP contribution in [0.1, 0.15) is 25.1 Å². The summed E-state index contributed by atoms with van der Waals surface area (Å²) in [5.41, 5.74) is 1.43. The van der Waals surface area contributed by atoms with Crippen molar-refractivity contribution in [2.24, 2.45) is 5.92 Å². The van der Waals surface area contributed by atoms with E-state index in [-0.39, 0.29) is 18.9 Å². The van der Waals surface area contributed by atoms with E-state index in [0.29, 0.717) is 16.5 Å². The number of carbonyl (C=O) groups is 3. The van der Waals surface area contributed by atoms with Crippen molar-refractivity contribution >= 4 is 29.2 Å². The number of rotatable bonds is 11. The molecule has 7 nitrogen and oxygen atoms in total. The molecule has 8 heteroatoms. The smallest absolute Gasteiger partial charge is 0.289 e. The molecule has 35 heavy (non-hydrogen) atoms. The van der Waals surface area contributed by atoms with E-state index >= 15 is 0 Å². The highest BCUT2D eigenvalue weighted by molar-refractivity contribution is 6.38. The zero-order chi connectivity index (χ0) is 25.2. The number of carbonyl (C=O) groups excluding carboxylic acids is 3. The van der Waals surface area contributed by atoms with E-state index in [1.54, 1.807) is 48.7 Å². The van der Waals surface area contributed by atoms with Gasteiger partial charge in [0, 0.05) is 17.6 Å². The SMILES string of the molecule is CC(C)C(Oc1ccc(Cl)cc1)C(=O)N[C@H](Cc1ccccc1)C(=O)C(=O)NCc1ccccn1. The van der Waals surface area contributed by atoms with Crippen LogP contribution in [0.3, 0.4) is 0 Å². The van der Waals surface area contributed by atoms with Crippen LogP contribution in [0, 0.1) is 5.92 Å². The standard InChI is InChI=1S/C27H28ClN3O4/c1-18(2)25(35-22-13-11-20(28)12-14-22)27(34)31-23(16-19-8-4-3-5-9-19)24(32)26(33)30-17-21-10-6-7-15-29-21/h3-15,18,23,25H,16-17H2,1-2H3,(H,30,33)(H,31,34)/t23-,25?/m1/s1. The van der Waals surface area contributed by atoms with Gasteiger partial charge in [-0.25, -0.2) is 0 Å². The molecule has 2 amide bonds. The van der Waals surface area contributed by atoms with Crippen LogP contribution in [0.4, 0.5) is 0 Å². The zero-order valence-electron chi connectivity index (χ0n) is 19.6. The molecule has 3 rings (SSSR count). The zero-order valence-corrected chi connectivity index (χ0v) is 20.4. The monoisotopic (exact) mass is 493 g/mol. The van der Waals surface area contributed by atoms with Gasteiger partial charge in [-0.1, -0.05) is 61.8 Å². The van der Waals surface area contributed by atoms with E-state index in [4.69, 9.17) is 16.3 Å². The Hall–Kier alpha value is -3.71. The summed E-state index contributed by atoms with van der Waals surface area (Å²) in [6.45, 7) is 3.78. The number of nitrogens with one attached hydrogen (secondary N) is 2. The first-order chi connectivity index (χ1) is 16.8. The molecule has 2 N–H and O–H groups in total. The highest BCUT2D eigenvalue weighted by Gasteiger charge is 2.32. The van der Waals surface area contributed by atoms with E-state index in [0.717, 1.165) is 5.56 Å². The molecule has 0 aliphatic heterocycles. The van der Waals surface area contributed by atoms with Crippen LogP contribution >= 0.6 is 11.6 Å². The van der Waals surface area contributed by atoms with Crippen molar-refractivity contribution in [3.05, 3.63) is 95.3 Å². The fourth-order valence-electron chi connectivity index (χ4n) is 3.38. The Morgan fingerprint density at radius 2 is 1.63 bits per heavy atom. The molecular formula is C27H28ClN3O4. The first-order valence-electron chi connectivity index (χ1n) is 11.3. The maximum atomic E-state index is 13.2. The maximum absolute atomic E-state index is 13.2. The van der Waals surface area contributed by atoms with E-state index < -0.39 is 29.7 Å². The highest BCUT2D eigenvalue weighted by atomic mass is 35.5. The fourth-order valence-corrected chi connectivity index (χ4v) is 3.51. The van der Waals surface area contributed by atoms with E-state index in [9.17, 15) is 14.4 Å². The Bertz CT molecular complexity index is 1120. The number of benzene rings is 2. The average Bonchev–Trinajstić information content (AvgIpc) is 2.87. The maximum Gasteiger partial charge on any atom is 0.289 e. The number of aromatic nitrogens is 1. The first-order valence-corrected chi connectivity index (χ1v) is 11.7. The molecule has 182 valence electrons. The fraction of sp³-hybridized carbons (Fsp3) is 0.259. The highest BCUT2D eigenvalue weighted by Crippen LogP contribution is 2.19. The number of ether oxygens (including phenoxy) is 1. The van der Waals surface area contributed by atoms with Gasteiger partial charge >= 0.3 is 0 Å². The number of Topliss-reactive ketones (excluding diaryl/α,β-unsaturated/α-hetero) is 1. The second kappa shape index (κ2) is 12.7. The number of pyridine rings is 1. The molecule has 1 unspecified atom stereocenters. The van der Waals surface area contributed by atoms with Gasteiger partial charge in [-0.15, -0.1) is 0 Å². The Morgan fingerprint density at radius 3 is 2.26 bits per heavy atom. The average molecular weight is 494 g/mol. The largest absolute Gasteiger partial charge is 0.480 e. The Balaban J connectivity index is 1.74. The summed E-state index contributed by atoms with van der Waals surface area (Å²) in [4.78, 5) is 43.1. The second-order valence-electron chi connectivity index (χ2n) is 8.36. The van der Waals surface area contributed by atoms with E-state index in [2.05, 4.69) is 15.6 Å². The Kier molecular flexibility index (Phi) is 9.38. The molecule has 0 bridgehead atoms. The second-order valence-corrected chi connectivity index (χ2v) is 8.79. The van der Waals surface area contributed by atoms with E-state index in [1.807, 2.05) is 44.2 Å². The third kappa shape index (κ3) is 7.93. The van der Waals surface area contributed by atoms with Crippen LogP contribution in [-0.2, 0) is 27.3 Å². The summed E-state index contributed by atoms with van der Waals surface area (Å²) in [7, 11) is 0. The third-order valence-electron chi connectivity index (χ3n) is 5.24. The minimum absolute atomic E-state index is 0.103. The topological polar surface area (TPSA) is 97.4 Å². The van der Waals surface area contributed by atoms with Crippen LogP contribution in [0.2, 0.25) is 5.02 Å². The summed E-state index contributed by atoms with van der Waals surface area (Å²) in [6, 6.07) is 20.1. The predicted octanol–water partition coefficient (Wildman–Crippen LogP) is 3.75. The lowest BCUT2D eigenvalue weighted by Crippen LogP contribution is -2.53. The molecule has 1 heterocycles. The quantitative estimate of drug-likeness (QED) is 0.396. The van der Waals surface area contributed by atoms with Gasteiger partial charge in [0.15, 0.2) is 6.10 Å².